The van der Waals surface area contributed by atoms with Gasteiger partial charge in [-0.3, -0.25) is 4.79 Å². The van der Waals surface area contributed by atoms with Gasteiger partial charge in [-0.15, -0.1) is 0 Å². The summed E-state index contributed by atoms with van der Waals surface area (Å²) in [7, 11) is 1.46. The highest BCUT2D eigenvalue weighted by Gasteiger charge is 2.24. The summed E-state index contributed by atoms with van der Waals surface area (Å²) in [5.41, 5.74) is 2.42. The molecule has 0 saturated heterocycles. The maximum absolute atomic E-state index is 11.3. The molecule has 0 atom stereocenters. The molecule has 0 aromatic heterocycles. The van der Waals surface area contributed by atoms with Crippen LogP contribution in [0.4, 0.5) is 5.69 Å². The lowest BCUT2D eigenvalue weighted by Crippen LogP contribution is -2.17. The normalized spacial score (nSPS) is 21.8. The van der Waals surface area contributed by atoms with Crippen molar-refractivity contribution in [2.75, 3.05) is 25.6 Å². The van der Waals surface area contributed by atoms with Gasteiger partial charge in [-0.1, -0.05) is 12.1 Å². The summed E-state index contributed by atoms with van der Waals surface area (Å²) in [6.07, 6.45) is 5.05. The minimum Gasteiger partial charge on any atom is -0.469 e. The SMILES string of the molecule is COC(=O)CC1CCC(c2ccc(NCCO)cc2)CC1. The van der Waals surface area contributed by atoms with Crippen molar-refractivity contribution in [1.82, 2.24) is 0 Å². The molecule has 1 fully saturated rings. The van der Waals surface area contributed by atoms with E-state index in [1.165, 1.54) is 12.7 Å². The van der Waals surface area contributed by atoms with Crippen LogP contribution in [0.25, 0.3) is 0 Å². The average molecular weight is 291 g/mol. The quantitative estimate of drug-likeness (QED) is 0.791. The van der Waals surface area contributed by atoms with Gasteiger partial charge in [0.25, 0.3) is 0 Å². The van der Waals surface area contributed by atoms with Crippen molar-refractivity contribution in [3.63, 3.8) is 0 Å². The molecule has 21 heavy (non-hydrogen) atoms. The number of carbonyl (C=O) groups is 1. The third kappa shape index (κ3) is 4.74. The van der Waals surface area contributed by atoms with Crippen molar-refractivity contribution in [3.05, 3.63) is 29.8 Å². The maximum Gasteiger partial charge on any atom is 0.305 e. The number of benzene rings is 1. The van der Waals surface area contributed by atoms with Crippen molar-refractivity contribution in [3.8, 4) is 0 Å². The fourth-order valence-corrected chi connectivity index (χ4v) is 3.09. The lowest BCUT2D eigenvalue weighted by atomic mass is 9.77. The number of esters is 1. The minimum atomic E-state index is -0.0854. The summed E-state index contributed by atoms with van der Waals surface area (Å²) in [6.45, 7) is 0.726. The van der Waals surface area contributed by atoms with Gasteiger partial charge in [-0.2, -0.15) is 0 Å². The molecule has 1 aromatic rings. The summed E-state index contributed by atoms with van der Waals surface area (Å²) in [5.74, 6) is 1.00. The third-order valence-corrected chi connectivity index (χ3v) is 4.35. The molecule has 0 spiro atoms. The zero-order chi connectivity index (χ0) is 15.1. The number of carbonyl (C=O) groups excluding carboxylic acids is 1. The van der Waals surface area contributed by atoms with Crippen LogP contribution in [0.3, 0.4) is 0 Å². The van der Waals surface area contributed by atoms with Crippen LogP contribution in [0.2, 0.25) is 0 Å². The van der Waals surface area contributed by atoms with E-state index in [9.17, 15) is 4.79 Å². The summed E-state index contributed by atoms with van der Waals surface area (Å²) in [5, 5.41) is 12.0. The van der Waals surface area contributed by atoms with Crippen LogP contribution < -0.4 is 5.32 Å². The number of anilines is 1. The van der Waals surface area contributed by atoms with Crippen LogP contribution in [-0.2, 0) is 9.53 Å². The van der Waals surface area contributed by atoms with E-state index in [-0.39, 0.29) is 12.6 Å². The summed E-state index contributed by atoms with van der Waals surface area (Å²) in [4.78, 5) is 11.3. The van der Waals surface area contributed by atoms with Crippen LogP contribution in [0, 0.1) is 5.92 Å². The Balaban J connectivity index is 1.83. The second-order valence-electron chi connectivity index (χ2n) is 5.77. The molecule has 1 aromatic carbocycles. The average Bonchev–Trinajstić information content (AvgIpc) is 2.54. The standard InChI is InChI=1S/C17H25NO3/c1-21-17(20)12-13-2-4-14(5-3-13)15-6-8-16(9-7-15)18-10-11-19/h6-9,13-14,18-19H,2-5,10-12H2,1H3. The number of aliphatic hydroxyl groups is 1. The second-order valence-corrected chi connectivity index (χ2v) is 5.77. The molecule has 1 saturated carbocycles. The van der Waals surface area contributed by atoms with E-state index in [2.05, 4.69) is 29.6 Å². The Hall–Kier alpha value is -1.55. The lowest BCUT2D eigenvalue weighted by molar-refractivity contribution is -0.142. The molecule has 1 aliphatic carbocycles. The van der Waals surface area contributed by atoms with Crippen LogP contribution in [0.1, 0.15) is 43.6 Å². The van der Waals surface area contributed by atoms with Gasteiger partial charge in [-0.25, -0.2) is 0 Å². The number of hydrogen-bond acceptors (Lipinski definition) is 4. The van der Waals surface area contributed by atoms with E-state index < -0.39 is 0 Å². The minimum absolute atomic E-state index is 0.0854. The Labute approximate surface area is 126 Å². The van der Waals surface area contributed by atoms with E-state index in [1.807, 2.05) is 0 Å². The zero-order valence-corrected chi connectivity index (χ0v) is 12.7. The fraction of sp³-hybridized carbons (Fsp3) is 0.588. The molecule has 0 unspecified atom stereocenters. The van der Waals surface area contributed by atoms with E-state index in [4.69, 9.17) is 9.84 Å². The molecule has 4 heteroatoms. The monoisotopic (exact) mass is 291 g/mol. The molecule has 0 amide bonds. The Morgan fingerprint density at radius 1 is 1.24 bits per heavy atom. The first-order chi connectivity index (χ1) is 10.2. The molecule has 0 heterocycles. The third-order valence-electron chi connectivity index (χ3n) is 4.35. The van der Waals surface area contributed by atoms with Gasteiger partial charge in [0.05, 0.1) is 13.7 Å². The molecule has 4 nitrogen and oxygen atoms in total. The van der Waals surface area contributed by atoms with Crippen molar-refractivity contribution in [2.24, 2.45) is 5.92 Å². The largest absolute Gasteiger partial charge is 0.469 e. The zero-order valence-electron chi connectivity index (χ0n) is 12.7. The summed E-state index contributed by atoms with van der Waals surface area (Å²) >= 11 is 0. The van der Waals surface area contributed by atoms with Gasteiger partial charge in [0.1, 0.15) is 0 Å². The molecule has 0 aliphatic heterocycles. The van der Waals surface area contributed by atoms with Gasteiger partial charge in [0.15, 0.2) is 0 Å². The first kappa shape index (κ1) is 15.8. The van der Waals surface area contributed by atoms with E-state index in [0.717, 1.165) is 31.4 Å². The maximum atomic E-state index is 11.3. The van der Waals surface area contributed by atoms with Gasteiger partial charge in [-0.05, 0) is 55.2 Å². The first-order valence-corrected chi connectivity index (χ1v) is 7.74. The highest BCUT2D eigenvalue weighted by molar-refractivity contribution is 5.69. The fourth-order valence-electron chi connectivity index (χ4n) is 3.09. The van der Waals surface area contributed by atoms with Crippen LogP contribution in [0.5, 0.6) is 0 Å². The van der Waals surface area contributed by atoms with Crippen molar-refractivity contribution in [1.29, 1.82) is 0 Å². The van der Waals surface area contributed by atoms with Gasteiger partial charge < -0.3 is 15.2 Å². The van der Waals surface area contributed by atoms with Crippen LogP contribution >= 0.6 is 0 Å². The lowest BCUT2D eigenvalue weighted by Gasteiger charge is -2.28. The summed E-state index contributed by atoms with van der Waals surface area (Å²) in [6, 6.07) is 8.49. The molecular weight excluding hydrogens is 266 g/mol. The highest BCUT2D eigenvalue weighted by Crippen LogP contribution is 2.37. The molecule has 0 radical (unpaired) electrons. The number of methoxy groups -OCH3 is 1. The van der Waals surface area contributed by atoms with E-state index in [1.54, 1.807) is 0 Å². The molecule has 1 aliphatic rings. The topological polar surface area (TPSA) is 58.6 Å². The van der Waals surface area contributed by atoms with Gasteiger partial charge >= 0.3 is 5.97 Å². The Kier molecular flexibility index (Phi) is 6.05. The summed E-state index contributed by atoms with van der Waals surface area (Å²) < 4.78 is 4.75. The Morgan fingerprint density at radius 3 is 2.48 bits per heavy atom. The van der Waals surface area contributed by atoms with Crippen LogP contribution in [-0.4, -0.2) is 31.3 Å². The molecular formula is C17H25NO3. The van der Waals surface area contributed by atoms with E-state index in [0.29, 0.717) is 24.8 Å². The molecule has 2 N–H and O–H groups in total. The first-order valence-electron chi connectivity index (χ1n) is 7.74. The Morgan fingerprint density at radius 2 is 1.90 bits per heavy atom. The van der Waals surface area contributed by atoms with Crippen LogP contribution in [0.15, 0.2) is 24.3 Å². The van der Waals surface area contributed by atoms with Crippen molar-refractivity contribution >= 4 is 11.7 Å². The van der Waals surface area contributed by atoms with Gasteiger partial charge in [0, 0.05) is 18.7 Å². The molecule has 116 valence electrons. The number of aliphatic hydroxyl groups excluding tert-OH is 1. The predicted molar refractivity (Wildman–Crippen MR) is 83.3 cm³/mol. The number of ether oxygens (including phenoxy) is 1. The smallest absolute Gasteiger partial charge is 0.305 e. The number of hydrogen-bond donors (Lipinski definition) is 2. The number of nitrogens with one attached hydrogen (secondary N) is 1. The van der Waals surface area contributed by atoms with E-state index >= 15 is 0 Å². The molecule has 2 rings (SSSR count). The van der Waals surface area contributed by atoms with Crippen molar-refractivity contribution < 1.29 is 14.6 Å². The highest BCUT2D eigenvalue weighted by atomic mass is 16.5. The molecule has 0 bridgehead atoms. The Bertz CT molecular complexity index is 436. The predicted octanol–water partition coefficient (Wildman–Crippen LogP) is 2.93. The second kappa shape index (κ2) is 8.03. The van der Waals surface area contributed by atoms with Gasteiger partial charge in [0.2, 0.25) is 0 Å². The number of rotatable bonds is 6. The van der Waals surface area contributed by atoms with Crippen molar-refractivity contribution in [2.45, 2.75) is 38.0 Å².